The Hall–Kier alpha value is -1.04. The highest BCUT2D eigenvalue weighted by atomic mass is 32.2. The highest BCUT2D eigenvalue weighted by Crippen LogP contribution is 2.21. The van der Waals surface area contributed by atoms with E-state index >= 15 is 0 Å². The highest BCUT2D eigenvalue weighted by molar-refractivity contribution is 7.99. The second-order valence-electron chi connectivity index (χ2n) is 5.93. The first-order chi connectivity index (χ1) is 9.49. The van der Waals surface area contributed by atoms with E-state index in [2.05, 4.69) is 31.0 Å². The van der Waals surface area contributed by atoms with Crippen molar-refractivity contribution in [2.24, 2.45) is 13.0 Å². The molecule has 1 amide bonds. The summed E-state index contributed by atoms with van der Waals surface area (Å²) in [5.74, 6) is 2.61. The number of aromatic nitrogens is 3. The topological polar surface area (TPSA) is 51.0 Å². The fourth-order valence-electron chi connectivity index (χ4n) is 2.59. The third-order valence-electron chi connectivity index (χ3n) is 3.72. The molecule has 2 rings (SSSR count). The summed E-state index contributed by atoms with van der Waals surface area (Å²) in [5, 5.41) is 9.19. The smallest absolute Gasteiger partial charge is 0.233 e. The molecule has 0 N–H and O–H groups in total. The van der Waals surface area contributed by atoms with Gasteiger partial charge < -0.3 is 9.47 Å². The molecule has 0 aliphatic carbocycles. The van der Waals surface area contributed by atoms with Gasteiger partial charge in [-0.2, -0.15) is 0 Å². The monoisotopic (exact) mass is 296 g/mol. The van der Waals surface area contributed by atoms with Crippen LogP contribution in [0, 0.1) is 5.92 Å². The van der Waals surface area contributed by atoms with E-state index in [1.54, 1.807) is 0 Å². The van der Waals surface area contributed by atoms with Crippen LogP contribution in [-0.4, -0.2) is 44.4 Å². The normalized spacial score (nSPS) is 19.6. The molecular formula is C14H24N4OS. The summed E-state index contributed by atoms with van der Waals surface area (Å²) in [5.41, 5.74) is 0. The molecule has 0 unspecified atom stereocenters. The number of amides is 1. The fraction of sp³-hybridized carbons (Fsp3) is 0.786. The summed E-state index contributed by atoms with van der Waals surface area (Å²) >= 11 is 1.49. The van der Waals surface area contributed by atoms with E-state index in [9.17, 15) is 4.79 Å². The summed E-state index contributed by atoms with van der Waals surface area (Å²) in [4.78, 5) is 14.2. The number of rotatable bonds is 4. The van der Waals surface area contributed by atoms with Crippen molar-refractivity contribution in [1.82, 2.24) is 19.7 Å². The Kier molecular flexibility index (Phi) is 5.07. The third-order valence-corrected chi connectivity index (χ3v) is 4.72. The number of carbonyl (C=O) groups excluding carboxylic acids is 1. The number of likely N-dealkylation sites (tertiary alicyclic amines) is 1. The minimum absolute atomic E-state index is 0.218. The average molecular weight is 296 g/mol. The number of piperidine rings is 1. The van der Waals surface area contributed by atoms with Gasteiger partial charge in [-0.15, -0.1) is 10.2 Å². The Balaban J connectivity index is 1.90. The lowest BCUT2D eigenvalue weighted by Crippen LogP contribution is -2.40. The quantitative estimate of drug-likeness (QED) is 0.800. The van der Waals surface area contributed by atoms with Gasteiger partial charge >= 0.3 is 0 Å². The van der Waals surface area contributed by atoms with Crippen LogP contribution in [0.2, 0.25) is 0 Å². The van der Waals surface area contributed by atoms with Crippen LogP contribution in [0.15, 0.2) is 5.16 Å². The number of nitrogens with zero attached hydrogens (tertiary/aromatic N) is 4. The molecule has 1 aliphatic heterocycles. The van der Waals surface area contributed by atoms with Crippen LogP contribution in [0.1, 0.15) is 45.4 Å². The number of hydrogen-bond donors (Lipinski definition) is 0. The van der Waals surface area contributed by atoms with Crippen molar-refractivity contribution in [3.63, 3.8) is 0 Å². The van der Waals surface area contributed by atoms with E-state index in [4.69, 9.17) is 0 Å². The van der Waals surface area contributed by atoms with Gasteiger partial charge in [0.25, 0.3) is 0 Å². The first-order valence-corrected chi connectivity index (χ1v) is 8.27. The molecule has 6 heteroatoms. The van der Waals surface area contributed by atoms with Crippen LogP contribution in [0.3, 0.4) is 0 Å². The van der Waals surface area contributed by atoms with E-state index in [0.29, 0.717) is 17.6 Å². The maximum absolute atomic E-state index is 12.2. The Morgan fingerprint density at radius 1 is 1.45 bits per heavy atom. The Morgan fingerprint density at radius 2 is 2.20 bits per heavy atom. The zero-order chi connectivity index (χ0) is 14.7. The first kappa shape index (κ1) is 15.4. The van der Waals surface area contributed by atoms with Gasteiger partial charge in [-0.3, -0.25) is 4.79 Å². The molecule has 0 saturated carbocycles. The number of thioether (sulfide) groups is 1. The zero-order valence-electron chi connectivity index (χ0n) is 12.8. The number of hydrogen-bond acceptors (Lipinski definition) is 4. The van der Waals surface area contributed by atoms with Gasteiger partial charge in [0.2, 0.25) is 5.91 Å². The van der Waals surface area contributed by atoms with Crippen LogP contribution in [0.4, 0.5) is 0 Å². The largest absolute Gasteiger partial charge is 0.342 e. The zero-order valence-corrected chi connectivity index (χ0v) is 13.6. The Morgan fingerprint density at radius 3 is 2.80 bits per heavy atom. The van der Waals surface area contributed by atoms with Crippen molar-refractivity contribution in [2.75, 3.05) is 18.8 Å². The number of carbonyl (C=O) groups is 1. The van der Waals surface area contributed by atoms with Crippen molar-refractivity contribution in [3.8, 4) is 0 Å². The SMILES string of the molecule is CC(C)c1nnc(SCC(=O)N2CCC[C@H](C)C2)n1C. The third kappa shape index (κ3) is 3.53. The van der Waals surface area contributed by atoms with Gasteiger partial charge in [0.15, 0.2) is 5.16 Å². The molecule has 1 aliphatic rings. The van der Waals surface area contributed by atoms with Crippen LogP contribution < -0.4 is 0 Å². The van der Waals surface area contributed by atoms with Crippen molar-refractivity contribution >= 4 is 17.7 Å². The Bertz CT molecular complexity index is 472. The first-order valence-electron chi connectivity index (χ1n) is 7.29. The van der Waals surface area contributed by atoms with Crippen molar-refractivity contribution in [2.45, 2.75) is 44.7 Å². The van der Waals surface area contributed by atoms with Gasteiger partial charge in [-0.05, 0) is 18.8 Å². The molecule has 5 nitrogen and oxygen atoms in total. The second-order valence-corrected chi connectivity index (χ2v) is 6.87. The lowest BCUT2D eigenvalue weighted by atomic mass is 10.0. The van der Waals surface area contributed by atoms with Crippen molar-refractivity contribution in [3.05, 3.63) is 5.82 Å². The molecule has 1 fully saturated rings. The lowest BCUT2D eigenvalue weighted by molar-refractivity contribution is -0.130. The summed E-state index contributed by atoms with van der Waals surface area (Å²) in [6, 6.07) is 0. The maximum atomic E-state index is 12.2. The van der Waals surface area contributed by atoms with Gasteiger partial charge in [0.05, 0.1) is 5.75 Å². The second kappa shape index (κ2) is 6.61. The van der Waals surface area contributed by atoms with Gasteiger partial charge in [-0.1, -0.05) is 32.5 Å². The minimum atomic E-state index is 0.218. The fourth-order valence-corrected chi connectivity index (χ4v) is 3.41. The standard InChI is InChI=1S/C14H24N4OS/c1-10(2)13-15-16-14(17(13)4)20-9-12(19)18-7-5-6-11(3)8-18/h10-11H,5-9H2,1-4H3/t11-/m0/s1. The predicted molar refractivity (Wildman–Crippen MR) is 80.8 cm³/mol. The predicted octanol–water partition coefficient (Wildman–Crippen LogP) is 2.29. The molecule has 112 valence electrons. The van der Waals surface area contributed by atoms with Crippen LogP contribution in [0.5, 0.6) is 0 Å². The molecule has 2 heterocycles. The molecule has 0 spiro atoms. The van der Waals surface area contributed by atoms with Crippen LogP contribution in [-0.2, 0) is 11.8 Å². The molecule has 0 bridgehead atoms. The van der Waals surface area contributed by atoms with Gasteiger partial charge in [0.1, 0.15) is 5.82 Å². The molecule has 0 aromatic carbocycles. The van der Waals surface area contributed by atoms with E-state index in [1.807, 2.05) is 16.5 Å². The molecule has 1 aromatic heterocycles. The Labute approximate surface area is 125 Å². The van der Waals surface area contributed by atoms with Crippen LogP contribution in [0.25, 0.3) is 0 Å². The molecule has 20 heavy (non-hydrogen) atoms. The van der Waals surface area contributed by atoms with E-state index in [-0.39, 0.29) is 5.91 Å². The highest BCUT2D eigenvalue weighted by Gasteiger charge is 2.21. The minimum Gasteiger partial charge on any atom is -0.342 e. The van der Waals surface area contributed by atoms with E-state index < -0.39 is 0 Å². The summed E-state index contributed by atoms with van der Waals surface area (Å²) < 4.78 is 1.99. The summed E-state index contributed by atoms with van der Waals surface area (Å²) in [6.45, 7) is 8.21. The van der Waals surface area contributed by atoms with Crippen molar-refractivity contribution < 1.29 is 4.79 Å². The summed E-state index contributed by atoms with van der Waals surface area (Å²) in [6.07, 6.45) is 2.36. The van der Waals surface area contributed by atoms with Crippen molar-refractivity contribution in [1.29, 1.82) is 0 Å². The van der Waals surface area contributed by atoms with Crippen LogP contribution >= 0.6 is 11.8 Å². The van der Waals surface area contributed by atoms with Gasteiger partial charge in [-0.25, -0.2) is 0 Å². The molecule has 1 aromatic rings. The molecule has 1 atom stereocenters. The van der Waals surface area contributed by atoms with Gasteiger partial charge in [0, 0.05) is 26.1 Å². The maximum Gasteiger partial charge on any atom is 0.233 e. The van der Waals surface area contributed by atoms with E-state index in [1.165, 1.54) is 18.2 Å². The summed E-state index contributed by atoms with van der Waals surface area (Å²) in [7, 11) is 1.96. The molecular weight excluding hydrogens is 272 g/mol. The lowest BCUT2D eigenvalue weighted by Gasteiger charge is -2.30. The van der Waals surface area contributed by atoms with E-state index in [0.717, 1.165) is 30.5 Å². The average Bonchev–Trinajstić information content (AvgIpc) is 2.77. The molecule has 1 saturated heterocycles. The molecule has 0 radical (unpaired) electrons.